The average molecular weight is 327 g/mol. The molecule has 0 aliphatic rings. The number of amides is 1. The Kier molecular flexibility index (Phi) is 5.85. The van der Waals surface area contributed by atoms with E-state index >= 15 is 0 Å². The van der Waals surface area contributed by atoms with Crippen molar-refractivity contribution in [3.8, 4) is 11.5 Å². The van der Waals surface area contributed by atoms with Gasteiger partial charge in [-0.3, -0.25) is 4.79 Å². The Labute approximate surface area is 144 Å². The minimum Gasteiger partial charge on any atom is -0.497 e. The third-order valence-electron chi connectivity index (χ3n) is 4.09. The van der Waals surface area contributed by atoms with Crippen molar-refractivity contribution < 1.29 is 14.3 Å². The highest BCUT2D eigenvalue weighted by Gasteiger charge is 2.19. The number of hydrogen-bond acceptors (Lipinski definition) is 3. The highest BCUT2D eigenvalue weighted by atomic mass is 16.5. The van der Waals surface area contributed by atoms with Gasteiger partial charge in [0.25, 0.3) is 5.91 Å². The van der Waals surface area contributed by atoms with Crippen molar-refractivity contribution in [2.45, 2.75) is 33.4 Å². The van der Waals surface area contributed by atoms with E-state index in [4.69, 9.17) is 9.47 Å². The normalized spacial score (nSPS) is 11.7. The van der Waals surface area contributed by atoms with Gasteiger partial charge in [-0.1, -0.05) is 18.2 Å². The van der Waals surface area contributed by atoms with E-state index in [1.54, 1.807) is 26.0 Å². The number of carbonyl (C=O) groups excluding carboxylic acids is 1. The molecule has 0 aliphatic heterocycles. The number of carbonyl (C=O) groups is 1. The van der Waals surface area contributed by atoms with Crippen LogP contribution in [0.3, 0.4) is 0 Å². The number of aryl methyl sites for hydroxylation is 2. The van der Waals surface area contributed by atoms with Gasteiger partial charge in [0.2, 0.25) is 0 Å². The second-order valence-corrected chi connectivity index (χ2v) is 6.05. The average Bonchev–Trinajstić information content (AvgIpc) is 2.58. The Bertz CT molecular complexity index is 695. The minimum absolute atomic E-state index is 0.0518. The summed E-state index contributed by atoms with van der Waals surface area (Å²) in [7, 11) is 3.42. The van der Waals surface area contributed by atoms with Crippen molar-refractivity contribution in [3.05, 3.63) is 59.2 Å². The molecule has 0 bridgehead atoms. The molecular formula is C20H25NO3. The van der Waals surface area contributed by atoms with Crippen LogP contribution < -0.4 is 9.47 Å². The standard InChI is InChI=1S/C20H25NO3/c1-14-6-9-19(12-15(14)2)24-16(3)20(22)21(4)13-17-7-10-18(23-5)11-8-17/h6-12,16H,13H2,1-5H3/t16-/m0/s1. The quantitative estimate of drug-likeness (QED) is 0.811. The number of likely N-dealkylation sites (N-methyl/N-ethyl adjacent to an activating group) is 1. The van der Waals surface area contributed by atoms with Crippen molar-refractivity contribution in [2.24, 2.45) is 0 Å². The molecule has 128 valence electrons. The summed E-state index contributed by atoms with van der Waals surface area (Å²) in [5, 5.41) is 0. The van der Waals surface area contributed by atoms with Gasteiger partial charge in [0, 0.05) is 13.6 Å². The molecule has 2 aromatic carbocycles. The molecule has 1 atom stereocenters. The maximum absolute atomic E-state index is 12.5. The summed E-state index contributed by atoms with van der Waals surface area (Å²) in [6.45, 7) is 6.40. The van der Waals surface area contributed by atoms with Crippen LogP contribution in [0.15, 0.2) is 42.5 Å². The molecule has 0 N–H and O–H groups in total. The smallest absolute Gasteiger partial charge is 0.263 e. The fraction of sp³-hybridized carbons (Fsp3) is 0.350. The van der Waals surface area contributed by atoms with E-state index < -0.39 is 6.10 Å². The molecule has 0 saturated carbocycles. The van der Waals surface area contributed by atoms with Gasteiger partial charge in [-0.25, -0.2) is 0 Å². The zero-order valence-electron chi connectivity index (χ0n) is 15.0. The number of ether oxygens (including phenoxy) is 2. The molecule has 2 aromatic rings. The first-order valence-electron chi connectivity index (χ1n) is 8.02. The molecule has 0 saturated heterocycles. The van der Waals surface area contributed by atoms with Crippen LogP contribution in [-0.4, -0.2) is 31.1 Å². The fourth-order valence-electron chi connectivity index (χ4n) is 2.43. The topological polar surface area (TPSA) is 38.8 Å². The molecule has 0 aliphatic carbocycles. The fourth-order valence-corrected chi connectivity index (χ4v) is 2.43. The van der Waals surface area contributed by atoms with E-state index in [9.17, 15) is 4.79 Å². The predicted octanol–water partition coefficient (Wildman–Crippen LogP) is 3.74. The van der Waals surface area contributed by atoms with Gasteiger partial charge in [0.05, 0.1) is 7.11 Å². The third-order valence-corrected chi connectivity index (χ3v) is 4.09. The van der Waals surface area contributed by atoms with Gasteiger partial charge >= 0.3 is 0 Å². The van der Waals surface area contributed by atoms with Crippen molar-refractivity contribution in [1.82, 2.24) is 4.90 Å². The van der Waals surface area contributed by atoms with Gasteiger partial charge in [-0.05, 0) is 61.7 Å². The lowest BCUT2D eigenvalue weighted by Crippen LogP contribution is -2.37. The molecule has 0 radical (unpaired) electrons. The van der Waals surface area contributed by atoms with Crippen LogP contribution >= 0.6 is 0 Å². The third kappa shape index (κ3) is 4.51. The summed E-state index contributed by atoms with van der Waals surface area (Å²) in [6.07, 6.45) is -0.532. The number of nitrogens with zero attached hydrogens (tertiary/aromatic N) is 1. The Balaban J connectivity index is 1.96. The number of methoxy groups -OCH3 is 1. The first-order chi connectivity index (χ1) is 11.4. The van der Waals surface area contributed by atoms with Crippen LogP contribution in [0.25, 0.3) is 0 Å². The lowest BCUT2D eigenvalue weighted by Gasteiger charge is -2.22. The van der Waals surface area contributed by atoms with Gasteiger partial charge in [0.1, 0.15) is 11.5 Å². The molecule has 4 nitrogen and oxygen atoms in total. The van der Waals surface area contributed by atoms with Gasteiger partial charge < -0.3 is 14.4 Å². The Morgan fingerprint density at radius 1 is 1.04 bits per heavy atom. The molecular weight excluding hydrogens is 302 g/mol. The Morgan fingerprint density at radius 3 is 2.25 bits per heavy atom. The number of benzene rings is 2. The molecule has 0 fully saturated rings. The van der Waals surface area contributed by atoms with Crippen LogP contribution in [0.2, 0.25) is 0 Å². The second-order valence-electron chi connectivity index (χ2n) is 6.05. The highest BCUT2D eigenvalue weighted by molar-refractivity contribution is 5.80. The summed E-state index contributed by atoms with van der Waals surface area (Å²) in [5.74, 6) is 1.47. The van der Waals surface area contributed by atoms with Crippen LogP contribution in [0.5, 0.6) is 11.5 Å². The largest absolute Gasteiger partial charge is 0.497 e. The van der Waals surface area contributed by atoms with Gasteiger partial charge in [0.15, 0.2) is 6.10 Å². The summed E-state index contributed by atoms with van der Waals surface area (Å²) >= 11 is 0. The molecule has 2 rings (SSSR count). The van der Waals surface area contributed by atoms with E-state index in [1.807, 2.05) is 49.4 Å². The van der Waals surface area contributed by atoms with E-state index in [0.717, 1.165) is 22.6 Å². The molecule has 0 aromatic heterocycles. The van der Waals surface area contributed by atoms with E-state index in [0.29, 0.717) is 6.54 Å². The predicted molar refractivity (Wildman–Crippen MR) is 95.5 cm³/mol. The summed E-state index contributed by atoms with van der Waals surface area (Å²) in [4.78, 5) is 14.2. The molecule has 0 heterocycles. The molecule has 0 spiro atoms. The second kappa shape index (κ2) is 7.86. The van der Waals surface area contributed by atoms with Gasteiger partial charge in [-0.15, -0.1) is 0 Å². The SMILES string of the molecule is COc1ccc(CN(C)C(=O)[C@H](C)Oc2ccc(C)c(C)c2)cc1. The first-order valence-corrected chi connectivity index (χ1v) is 8.02. The molecule has 0 unspecified atom stereocenters. The molecule has 24 heavy (non-hydrogen) atoms. The van der Waals surface area contributed by atoms with Crippen LogP contribution in [0, 0.1) is 13.8 Å². The monoisotopic (exact) mass is 327 g/mol. The molecule has 1 amide bonds. The van der Waals surface area contributed by atoms with Crippen molar-refractivity contribution in [1.29, 1.82) is 0 Å². The van der Waals surface area contributed by atoms with Gasteiger partial charge in [-0.2, -0.15) is 0 Å². The van der Waals surface area contributed by atoms with E-state index in [-0.39, 0.29) is 5.91 Å². The zero-order valence-corrected chi connectivity index (χ0v) is 15.0. The van der Waals surface area contributed by atoms with Crippen LogP contribution in [0.4, 0.5) is 0 Å². The van der Waals surface area contributed by atoms with E-state index in [1.165, 1.54) is 5.56 Å². The number of rotatable bonds is 6. The summed E-state index contributed by atoms with van der Waals surface area (Å²) < 4.78 is 10.9. The van der Waals surface area contributed by atoms with Crippen LogP contribution in [-0.2, 0) is 11.3 Å². The lowest BCUT2D eigenvalue weighted by molar-refractivity contribution is -0.137. The first kappa shape index (κ1) is 17.9. The lowest BCUT2D eigenvalue weighted by atomic mass is 10.1. The maximum atomic E-state index is 12.5. The van der Waals surface area contributed by atoms with Crippen LogP contribution in [0.1, 0.15) is 23.6 Å². The number of hydrogen-bond donors (Lipinski definition) is 0. The summed E-state index contributed by atoms with van der Waals surface area (Å²) in [5.41, 5.74) is 3.40. The maximum Gasteiger partial charge on any atom is 0.263 e. The minimum atomic E-state index is -0.532. The van der Waals surface area contributed by atoms with Crippen molar-refractivity contribution in [2.75, 3.05) is 14.2 Å². The highest BCUT2D eigenvalue weighted by Crippen LogP contribution is 2.19. The Hall–Kier alpha value is -2.49. The van der Waals surface area contributed by atoms with Crippen molar-refractivity contribution >= 4 is 5.91 Å². The Morgan fingerprint density at radius 2 is 1.67 bits per heavy atom. The molecule has 4 heteroatoms. The van der Waals surface area contributed by atoms with Crippen molar-refractivity contribution in [3.63, 3.8) is 0 Å². The summed E-state index contributed by atoms with van der Waals surface area (Å²) in [6, 6.07) is 13.6. The zero-order chi connectivity index (χ0) is 17.7. The van der Waals surface area contributed by atoms with E-state index in [2.05, 4.69) is 6.92 Å².